The molecule has 2 heterocycles. The van der Waals surface area contributed by atoms with Crippen molar-refractivity contribution in [1.29, 1.82) is 0 Å². The normalized spacial score (nSPS) is 13.3. The molecule has 8 heteroatoms. The maximum Gasteiger partial charge on any atom is 0.252 e. The summed E-state index contributed by atoms with van der Waals surface area (Å²) >= 11 is 1.74. The van der Waals surface area contributed by atoms with Crippen LogP contribution < -0.4 is 5.32 Å². The Morgan fingerprint density at radius 1 is 1.13 bits per heavy atom. The van der Waals surface area contributed by atoms with E-state index in [-0.39, 0.29) is 23.7 Å². The molecular weight excluding hydrogens is 508 g/mol. The number of carbonyl (C=O) groups is 2. The lowest BCUT2D eigenvalue weighted by atomic mass is 10.0. The number of thiophene rings is 1. The van der Waals surface area contributed by atoms with Gasteiger partial charge in [0.05, 0.1) is 17.6 Å². The standard InChI is InChI=1S/C31H46N4O3S/c1-8-24(9-2)35-28-14-13-23(17-26(28)32-29(35)18-25-12-11-15-39-25)30(36)33-27(16-21(4)5)31(37)34(10-3)19-22(6)20-38-7/h11-15,17,21-22,24,27H,8-10,16,18-20H2,1-7H3,(H,33,36)/t22?,27-/m0/s1. The van der Waals surface area contributed by atoms with Crippen molar-refractivity contribution in [2.75, 3.05) is 26.8 Å². The van der Waals surface area contributed by atoms with Crippen LogP contribution >= 0.6 is 11.3 Å². The summed E-state index contributed by atoms with van der Waals surface area (Å²) in [6.45, 7) is 14.4. The number of aromatic nitrogens is 2. The number of ether oxygens (including phenoxy) is 1. The van der Waals surface area contributed by atoms with E-state index in [1.54, 1.807) is 18.4 Å². The molecule has 3 aromatic rings. The van der Waals surface area contributed by atoms with E-state index in [0.29, 0.717) is 37.7 Å². The highest BCUT2D eigenvalue weighted by molar-refractivity contribution is 7.09. The largest absolute Gasteiger partial charge is 0.384 e. The average Bonchev–Trinajstić information content (AvgIpc) is 3.55. The van der Waals surface area contributed by atoms with Crippen LogP contribution in [0.1, 0.15) is 87.9 Å². The third kappa shape index (κ3) is 7.92. The number of hydrogen-bond acceptors (Lipinski definition) is 5. The van der Waals surface area contributed by atoms with Gasteiger partial charge in [-0.25, -0.2) is 4.98 Å². The molecule has 214 valence electrons. The van der Waals surface area contributed by atoms with Crippen LogP contribution in [0.25, 0.3) is 11.0 Å². The molecular formula is C31H46N4O3S. The number of likely N-dealkylation sites (N-methyl/N-ethyl adjacent to an activating group) is 1. The number of imidazole rings is 1. The van der Waals surface area contributed by atoms with Gasteiger partial charge in [-0.15, -0.1) is 11.3 Å². The summed E-state index contributed by atoms with van der Waals surface area (Å²) < 4.78 is 7.61. The molecule has 0 aliphatic rings. The number of benzene rings is 1. The molecule has 7 nitrogen and oxygen atoms in total. The van der Waals surface area contributed by atoms with E-state index < -0.39 is 6.04 Å². The Kier molecular flexibility index (Phi) is 11.5. The molecule has 1 unspecified atom stereocenters. The SMILES string of the molecule is CCC(CC)n1c(Cc2cccs2)nc2cc(C(=O)N[C@@H](CC(C)C)C(=O)N(CC)CC(C)COC)ccc21. The van der Waals surface area contributed by atoms with E-state index in [1.165, 1.54) is 4.88 Å². The number of rotatable bonds is 15. The molecule has 0 bridgehead atoms. The van der Waals surface area contributed by atoms with E-state index >= 15 is 0 Å². The lowest BCUT2D eigenvalue weighted by Crippen LogP contribution is -2.50. The summed E-state index contributed by atoms with van der Waals surface area (Å²) in [5, 5.41) is 5.15. The van der Waals surface area contributed by atoms with E-state index in [9.17, 15) is 9.59 Å². The van der Waals surface area contributed by atoms with Crippen molar-refractivity contribution in [3.8, 4) is 0 Å². The van der Waals surface area contributed by atoms with Gasteiger partial charge >= 0.3 is 0 Å². The quantitative estimate of drug-likeness (QED) is 0.238. The van der Waals surface area contributed by atoms with Gasteiger partial charge in [-0.2, -0.15) is 0 Å². The first-order valence-electron chi connectivity index (χ1n) is 14.3. The summed E-state index contributed by atoms with van der Waals surface area (Å²) in [7, 11) is 1.67. The fourth-order valence-electron chi connectivity index (χ4n) is 5.29. The van der Waals surface area contributed by atoms with Gasteiger partial charge in [0, 0.05) is 43.1 Å². The molecule has 39 heavy (non-hydrogen) atoms. The summed E-state index contributed by atoms with van der Waals surface area (Å²) in [5.41, 5.74) is 2.39. The molecule has 2 amide bonds. The molecule has 0 aliphatic heterocycles. The van der Waals surface area contributed by atoms with E-state index in [4.69, 9.17) is 9.72 Å². The smallest absolute Gasteiger partial charge is 0.252 e. The van der Waals surface area contributed by atoms with Crippen molar-refractivity contribution in [2.45, 2.75) is 79.3 Å². The molecule has 0 saturated carbocycles. The van der Waals surface area contributed by atoms with Crippen LogP contribution in [0.2, 0.25) is 0 Å². The van der Waals surface area contributed by atoms with Crippen molar-refractivity contribution < 1.29 is 14.3 Å². The van der Waals surface area contributed by atoms with Crippen molar-refractivity contribution in [1.82, 2.24) is 19.8 Å². The van der Waals surface area contributed by atoms with Gasteiger partial charge in [0.25, 0.3) is 5.91 Å². The van der Waals surface area contributed by atoms with Crippen LogP contribution in [0.3, 0.4) is 0 Å². The molecule has 1 N–H and O–H groups in total. The van der Waals surface area contributed by atoms with E-state index in [1.807, 2.05) is 30.0 Å². The van der Waals surface area contributed by atoms with Gasteiger partial charge in [-0.3, -0.25) is 9.59 Å². The number of nitrogens with one attached hydrogen (secondary N) is 1. The maximum absolute atomic E-state index is 13.5. The average molecular weight is 555 g/mol. The van der Waals surface area contributed by atoms with Crippen molar-refractivity contribution in [3.05, 3.63) is 52.0 Å². The van der Waals surface area contributed by atoms with Crippen molar-refractivity contribution in [3.63, 3.8) is 0 Å². The first-order chi connectivity index (χ1) is 18.7. The Hall–Kier alpha value is -2.71. The van der Waals surface area contributed by atoms with Crippen LogP contribution in [-0.2, 0) is 16.0 Å². The second kappa shape index (κ2) is 14.6. The minimum Gasteiger partial charge on any atom is -0.384 e. The second-order valence-electron chi connectivity index (χ2n) is 10.9. The Bertz CT molecular complexity index is 1200. The molecule has 2 aromatic heterocycles. The molecule has 2 atom stereocenters. The number of amides is 2. The van der Waals surface area contributed by atoms with Crippen LogP contribution in [0.15, 0.2) is 35.7 Å². The van der Waals surface area contributed by atoms with Crippen LogP contribution in [-0.4, -0.2) is 59.1 Å². The number of nitrogens with zero attached hydrogens (tertiary/aromatic N) is 3. The van der Waals surface area contributed by atoms with Gasteiger partial charge < -0.3 is 19.5 Å². The Morgan fingerprint density at radius 2 is 1.87 bits per heavy atom. The zero-order valence-electron chi connectivity index (χ0n) is 24.7. The number of fused-ring (bicyclic) bond motifs is 1. The van der Waals surface area contributed by atoms with E-state index in [2.05, 4.69) is 62.0 Å². The predicted molar refractivity (Wildman–Crippen MR) is 160 cm³/mol. The van der Waals surface area contributed by atoms with Gasteiger partial charge in [0.15, 0.2) is 0 Å². The number of carbonyl (C=O) groups excluding carboxylic acids is 2. The lowest BCUT2D eigenvalue weighted by Gasteiger charge is -2.29. The fraction of sp³-hybridized carbons (Fsp3) is 0.581. The van der Waals surface area contributed by atoms with Gasteiger partial charge in [-0.1, -0.05) is 40.7 Å². The zero-order valence-corrected chi connectivity index (χ0v) is 25.5. The molecule has 3 rings (SSSR count). The first kappa shape index (κ1) is 30.8. The highest BCUT2D eigenvalue weighted by Crippen LogP contribution is 2.28. The monoisotopic (exact) mass is 554 g/mol. The van der Waals surface area contributed by atoms with Gasteiger partial charge in [0.1, 0.15) is 11.9 Å². The Balaban J connectivity index is 1.89. The Morgan fingerprint density at radius 3 is 2.46 bits per heavy atom. The third-order valence-corrected chi connectivity index (χ3v) is 8.11. The second-order valence-corrected chi connectivity index (χ2v) is 12.0. The van der Waals surface area contributed by atoms with Crippen molar-refractivity contribution in [2.24, 2.45) is 11.8 Å². The van der Waals surface area contributed by atoms with Crippen LogP contribution in [0, 0.1) is 11.8 Å². The lowest BCUT2D eigenvalue weighted by molar-refractivity contribution is -0.134. The number of hydrogen-bond donors (Lipinski definition) is 1. The summed E-state index contributed by atoms with van der Waals surface area (Å²) in [4.78, 5) is 35.1. The highest BCUT2D eigenvalue weighted by Gasteiger charge is 2.28. The highest BCUT2D eigenvalue weighted by atomic mass is 32.1. The Labute approximate surface area is 237 Å². The van der Waals surface area contributed by atoms with Crippen molar-refractivity contribution >= 4 is 34.2 Å². The third-order valence-electron chi connectivity index (χ3n) is 7.23. The summed E-state index contributed by atoms with van der Waals surface area (Å²) in [6, 6.07) is 9.72. The topological polar surface area (TPSA) is 76.5 Å². The van der Waals surface area contributed by atoms with Gasteiger partial charge in [0.2, 0.25) is 5.91 Å². The molecule has 1 aromatic carbocycles. The summed E-state index contributed by atoms with van der Waals surface area (Å²) in [5.74, 6) is 1.21. The predicted octanol–water partition coefficient (Wildman–Crippen LogP) is 6.33. The maximum atomic E-state index is 13.5. The first-order valence-corrected chi connectivity index (χ1v) is 15.2. The molecule has 0 fully saturated rings. The fourth-order valence-corrected chi connectivity index (χ4v) is 5.99. The number of methoxy groups -OCH3 is 1. The molecule has 0 saturated heterocycles. The molecule has 0 aliphatic carbocycles. The van der Waals surface area contributed by atoms with Crippen LogP contribution in [0.5, 0.6) is 0 Å². The molecule has 0 radical (unpaired) electrons. The van der Waals surface area contributed by atoms with Gasteiger partial charge in [-0.05, 0) is 67.7 Å². The van der Waals surface area contributed by atoms with E-state index in [0.717, 1.165) is 36.1 Å². The minimum absolute atomic E-state index is 0.0418. The minimum atomic E-state index is -0.584. The van der Waals surface area contributed by atoms with Crippen LogP contribution in [0.4, 0.5) is 0 Å². The summed E-state index contributed by atoms with van der Waals surface area (Å²) in [6.07, 6.45) is 3.37. The zero-order chi connectivity index (χ0) is 28.5. The molecule has 0 spiro atoms.